The summed E-state index contributed by atoms with van der Waals surface area (Å²) in [5.74, 6) is -0.451. The fourth-order valence-electron chi connectivity index (χ4n) is 2.36. The van der Waals surface area contributed by atoms with Crippen molar-refractivity contribution in [3.05, 3.63) is 52.8 Å². The molecule has 0 spiro atoms. The van der Waals surface area contributed by atoms with Crippen molar-refractivity contribution < 1.29 is 14.3 Å². The van der Waals surface area contributed by atoms with E-state index >= 15 is 0 Å². The highest BCUT2D eigenvalue weighted by atomic mass is 16.5. The van der Waals surface area contributed by atoms with Gasteiger partial charge in [0.25, 0.3) is 5.91 Å². The van der Waals surface area contributed by atoms with Crippen LogP contribution in [0.2, 0.25) is 0 Å². The maximum absolute atomic E-state index is 12.6. The average Bonchev–Trinajstić information content (AvgIpc) is 2.94. The lowest BCUT2D eigenvalue weighted by atomic mass is 10.1. The smallest absolute Gasteiger partial charge is 0.337 e. The summed E-state index contributed by atoms with van der Waals surface area (Å²) < 4.78 is 6.37. The zero-order valence-corrected chi connectivity index (χ0v) is 13.9. The predicted octanol–water partition coefficient (Wildman–Crippen LogP) is 2.27. The molecule has 6 heteroatoms. The minimum absolute atomic E-state index is 0.0792. The summed E-state index contributed by atoms with van der Waals surface area (Å²) in [7, 11) is 3.10. The largest absolute Gasteiger partial charge is 0.465 e. The van der Waals surface area contributed by atoms with Crippen LogP contribution in [0.15, 0.2) is 30.3 Å². The van der Waals surface area contributed by atoms with Crippen molar-refractivity contribution in [2.24, 2.45) is 0 Å². The van der Waals surface area contributed by atoms with Gasteiger partial charge in [-0.1, -0.05) is 12.1 Å². The predicted molar refractivity (Wildman–Crippen MR) is 86.2 cm³/mol. The number of aromatic nitrogens is 2. The second-order valence-electron chi connectivity index (χ2n) is 5.34. The number of nitrogens with zero attached hydrogens (tertiary/aromatic N) is 3. The summed E-state index contributed by atoms with van der Waals surface area (Å²) in [5, 5.41) is 4.30. The SMILES string of the molecule is CCn1nc(C)cc1C(=O)N(C)Cc1ccc(C(=O)OC)cc1. The van der Waals surface area contributed by atoms with E-state index in [0.29, 0.717) is 24.3 Å². The number of esters is 1. The number of methoxy groups -OCH3 is 1. The molecule has 0 aliphatic heterocycles. The summed E-state index contributed by atoms with van der Waals surface area (Å²) in [6.07, 6.45) is 0. The number of hydrogen-bond donors (Lipinski definition) is 0. The number of benzene rings is 1. The Morgan fingerprint density at radius 3 is 2.48 bits per heavy atom. The van der Waals surface area contributed by atoms with Crippen LogP contribution < -0.4 is 0 Å². The van der Waals surface area contributed by atoms with E-state index in [2.05, 4.69) is 9.84 Å². The van der Waals surface area contributed by atoms with Gasteiger partial charge in [0, 0.05) is 20.1 Å². The van der Waals surface area contributed by atoms with E-state index in [9.17, 15) is 9.59 Å². The van der Waals surface area contributed by atoms with Crippen LogP contribution in [-0.2, 0) is 17.8 Å². The number of amides is 1. The molecule has 0 bridgehead atoms. The maximum Gasteiger partial charge on any atom is 0.337 e. The van der Waals surface area contributed by atoms with Gasteiger partial charge < -0.3 is 9.64 Å². The Labute approximate surface area is 135 Å². The van der Waals surface area contributed by atoms with E-state index in [4.69, 9.17) is 0 Å². The van der Waals surface area contributed by atoms with Crippen LogP contribution in [0.25, 0.3) is 0 Å². The highest BCUT2D eigenvalue weighted by molar-refractivity contribution is 5.92. The zero-order chi connectivity index (χ0) is 17.0. The van der Waals surface area contributed by atoms with Crippen molar-refractivity contribution in [3.8, 4) is 0 Å². The molecule has 23 heavy (non-hydrogen) atoms. The molecule has 0 radical (unpaired) electrons. The highest BCUT2D eigenvalue weighted by Crippen LogP contribution is 2.12. The second kappa shape index (κ2) is 7.09. The fraction of sp³-hybridized carbons (Fsp3) is 0.353. The van der Waals surface area contributed by atoms with Crippen LogP contribution in [0, 0.1) is 6.92 Å². The van der Waals surface area contributed by atoms with Crippen molar-refractivity contribution >= 4 is 11.9 Å². The van der Waals surface area contributed by atoms with E-state index in [-0.39, 0.29) is 11.9 Å². The third-order valence-electron chi connectivity index (χ3n) is 3.56. The molecular formula is C17H21N3O3. The first kappa shape index (κ1) is 16.7. The first-order valence-corrected chi connectivity index (χ1v) is 7.43. The van der Waals surface area contributed by atoms with E-state index in [1.807, 2.05) is 26.0 Å². The van der Waals surface area contributed by atoms with Gasteiger partial charge >= 0.3 is 5.97 Å². The minimum Gasteiger partial charge on any atom is -0.465 e. The molecule has 0 unspecified atom stereocenters. The van der Waals surface area contributed by atoms with Crippen LogP contribution in [0.4, 0.5) is 0 Å². The lowest BCUT2D eigenvalue weighted by Crippen LogP contribution is -2.28. The molecule has 0 atom stereocenters. The molecule has 0 N–H and O–H groups in total. The number of carbonyl (C=O) groups excluding carboxylic acids is 2. The number of rotatable bonds is 5. The monoisotopic (exact) mass is 315 g/mol. The van der Waals surface area contributed by atoms with Gasteiger partial charge in [0.1, 0.15) is 5.69 Å². The number of aryl methyl sites for hydroxylation is 2. The number of ether oxygens (including phenoxy) is 1. The van der Waals surface area contributed by atoms with Gasteiger partial charge in [0.15, 0.2) is 0 Å². The van der Waals surface area contributed by atoms with E-state index in [0.717, 1.165) is 11.3 Å². The summed E-state index contributed by atoms with van der Waals surface area (Å²) in [6.45, 7) is 4.92. The van der Waals surface area contributed by atoms with Gasteiger partial charge in [-0.2, -0.15) is 5.10 Å². The number of carbonyl (C=O) groups is 2. The van der Waals surface area contributed by atoms with Crippen LogP contribution in [-0.4, -0.2) is 40.7 Å². The summed E-state index contributed by atoms with van der Waals surface area (Å²) in [5.41, 5.74) is 2.84. The van der Waals surface area contributed by atoms with Crippen LogP contribution in [0.3, 0.4) is 0 Å². The topological polar surface area (TPSA) is 64.4 Å². The summed E-state index contributed by atoms with van der Waals surface area (Å²) in [6, 6.07) is 8.82. The van der Waals surface area contributed by atoms with Crippen LogP contribution in [0.1, 0.15) is 39.0 Å². The van der Waals surface area contributed by atoms with Crippen molar-refractivity contribution in [1.82, 2.24) is 14.7 Å². The Morgan fingerprint density at radius 2 is 1.91 bits per heavy atom. The third kappa shape index (κ3) is 3.77. The Hall–Kier alpha value is -2.63. The molecule has 6 nitrogen and oxygen atoms in total. The zero-order valence-electron chi connectivity index (χ0n) is 13.9. The summed E-state index contributed by atoms with van der Waals surface area (Å²) in [4.78, 5) is 25.6. The second-order valence-corrected chi connectivity index (χ2v) is 5.34. The molecule has 0 saturated heterocycles. The van der Waals surface area contributed by atoms with Crippen molar-refractivity contribution in [1.29, 1.82) is 0 Å². The molecule has 1 aromatic carbocycles. The Morgan fingerprint density at radius 1 is 1.26 bits per heavy atom. The first-order chi connectivity index (χ1) is 11.0. The molecule has 1 aromatic heterocycles. The van der Waals surface area contributed by atoms with E-state index in [1.54, 1.807) is 34.8 Å². The van der Waals surface area contributed by atoms with Gasteiger partial charge in [0.05, 0.1) is 18.4 Å². The molecule has 0 saturated carbocycles. The van der Waals surface area contributed by atoms with E-state index in [1.165, 1.54) is 7.11 Å². The van der Waals surface area contributed by atoms with Crippen LogP contribution in [0.5, 0.6) is 0 Å². The van der Waals surface area contributed by atoms with Crippen molar-refractivity contribution in [2.45, 2.75) is 26.9 Å². The lowest BCUT2D eigenvalue weighted by molar-refractivity contribution is 0.0600. The highest BCUT2D eigenvalue weighted by Gasteiger charge is 2.17. The molecule has 1 amide bonds. The van der Waals surface area contributed by atoms with E-state index < -0.39 is 0 Å². The standard InChI is InChI=1S/C17H21N3O3/c1-5-20-15(10-12(2)18-20)16(21)19(3)11-13-6-8-14(9-7-13)17(22)23-4/h6-10H,5,11H2,1-4H3. The molecular weight excluding hydrogens is 294 g/mol. The molecule has 0 aliphatic rings. The molecule has 122 valence electrons. The van der Waals surface area contributed by atoms with Gasteiger partial charge in [-0.3, -0.25) is 9.48 Å². The first-order valence-electron chi connectivity index (χ1n) is 7.43. The molecule has 2 rings (SSSR count). The number of hydrogen-bond acceptors (Lipinski definition) is 4. The van der Waals surface area contributed by atoms with Gasteiger partial charge in [-0.15, -0.1) is 0 Å². The average molecular weight is 315 g/mol. The minimum atomic E-state index is -0.372. The Balaban J connectivity index is 2.10. The molecule has 0 fully saturated rings. The molecule has 2 aromatic rings. The lowest BCUT2D eigenvalue weighted by Gasteiger charge is -2.17. The molecule has 0 aliphatic carbocycles. The summed E-state index contributed by atoms with van der Waals surface area (Å²) >= 11 is 0. The Kier molecular flexibility index (Phi) is 5.16. The van der Waals surface area contributed by atoms with Crippen molar-refractivity contribution in [2.75, 3.05) is 14.2 Å². The van der Waals surface area contributed by atoms with Crippen LogP contribution >= 0.6 is 0 Å². The Bertz CT molecular complexity index is 704. The van der Waals surface area contributed by atoms with Gasteiger partial charge in [-0.05, 0) is 37.6 Å². The normalized spacial score (nSPS) is 10.4. The van der Waals surface area contributed by atoms with Gasteiger partial charge in [-0.25, -0.2) is 4.79 Å². The van der Waals surface area contributed by atoms with Crippen molar-refractivity contribution in [3.63, 3.8) is 0 Å². The maximum atomic E-state index is 12.6. The quantitative estimate of drug-likeness (QED) is 0.794. The van der Waals surface area contributed by atoms with Gasteiger partial charge in [0.2, 0.25) is 0 Å². The fourth-order valence-corrected chi connectivity index (χ4v) is 2.36. The molecule has 1 heterocycles. The third-order valence-corrected chi connectivity index (χ3v) is 3.56.